The second-order valence-electron chi connectivity index (χ2n) is 5.18. The molecule has 0 fully saturated rings. The van der Waals surface area contributed by atoms with Crippen LogP contribution in [0.15, 0.2) is 18.0 Å². The highest BCUT2D eigenvalue weighted by Crippen LogP contribution is 2.21. The molecule has 1 aliphatic rings. The third-order valence-corrected chi connectivity index (χ3v) is 3.49. The maximum Gasteiger partial charge on any atom is 0.138 e. The van der Waals surface area contributed by atoms with Gasteiger partial charge in [-0.2, -0.15) is 5.10 Å². The zero-order chi connectivity index (χ0) is 12.8. The van der Waals surface area contributed by atoms with Crippen LogP contribution in [0.1, 0.15) is 51.3 Å². The minimum absolute atomic E-state index is 0.175. The predicted molar refractivity (Wildman–Crippen MR) is 73.2 cm³/mol. The largest absolute Gasteiger partial charge is 0.327 e. The van der Waals surface area contributed by atoms with E-state index in [9.17, 15) is 0 Å². The number of nitrogens with two attached hydrogens (primary N) is 1. The molecule has 18 heavy (non-hydrogen) atoms. The van der Waals surface area contributed by atoms with Crippen molar-refractivity contribution in [3.63, 3.8) is 0 Å². The van der Waals surface area contributed by atoms with Crippen LogP contribution in [-0.4, -0.2) is 20.8 Å². The summed E-state index contributed by atoms with van der Waals surface area (Å²) in [7, 11) is 0. The van der Waals surface area contributed by atoms with Gasteiger partial charge in [-0.05, 0) is 38.5 Å². The first kappa shape index (κ1) is 13.3. The summed E-state index contributed by atoms with van der Waals surface area (Å²) in [5.74, 6) is 1.03. The van der Waals surface area contributed by atoms with Gasteiger partial charge in [-0.15, -0.1) is 0 Å². The molecule has 4 heteroatoms. The number of allylic oxidation sites excluding steroid dienone is 1. The van der Waals surface area contributed by atoms with Crippen molar-refractivity contribution in [1.29, 1.82) is 0 Å². The molecule has 4 nitrogen and oxygen atoms in total. The number of hydrogen-bond donors (Lipinski definition) is 1. The van der Waals surface area contributed by atoms with E-state index in [4.69, 9.17) is 5.73 Å². The number of rotatable bonds is 6. The summed E-state index contributed by atoms with van der Waals surface area (Å²) < 4.78 is 1.98. The first-order valence-electron chi connectivity index (χ1n) is 7.09. The Hall–Kier alpha value is -1.16. The van der Waals surface area contributed by atoms with Gasteiger partial charge in [-0.25, -0.2) is 4.98 Å². The lowest BCUT2D eigenvalue weighted by Gasteiger charge is -2.17. The second-order valence-corrected chi connectivity index (χ2v) is 5.18. The molecule has 1 unspecified atom stereocenters. The second kappa shape index (κ2) is 6.69. The Morgan fingerprint density at radius 2 is 2.28 bits per heavy atom. The molecular formula is C14H24N4. The summed E-state index contributed by atoms with van der Waals surface area (Å²) >= 11 is 0. The van der Waals surface area contributed by atoms with Gasteiger partial charge in [-0.3, -0.25) is 4.68 Å². The molecule has 0 radical (unpaired) electrons. The maximum atomic E-state index is 6.24. The molecule has 2 N–H and O–H groups in total. The van der Waals surface area contributed by atoms with Gasteiger partial charge in [0.05, 0.1) is 0 Å². The van der Waals surface area contributed by atoms with Crippen LogP contribution in [-0.2, 0) is 13.0 Å². The van der Waals surface area contributed by atoms with Crippen molar-refractivity contribution in [2.75, 3.05) is 0 Å². The molecule has 0 saturated heterocycles. The van der Waals surface area contributed by atoms with Crippen LogP contribution in [0.25, 0.3) is 0 Å². The minimum atomic E-state index is 0.175. The number of aromatic nitrogens is 3. The maximum absolute atomic E-state index is 6.24. The predicted octanol–water partition coefficient (Wildman–Crippen LogP) is 2.45. The highest BCUT2D eigenvalue weighted by atomic mass is 15.3. The Kier molecular flexibility index (Phi) is 4.93. The molecule has 1 heterocycles. The lowest BCUT2D eigenvalue weighted by molar-refractivity contribution is 0.532. The lowest BCUT2D eigenvalue weighted by Crippen LogP contribution is -2.26. The van der Waals surface area contributed by atoms with Gasteiger partial charge in [0.1, 0.15) is 12.2 Å². The van der Waals surface area contributed by atoms with Crippen molar-refractivity contribution < 1.29 is 0 Å². The van der Waals surface area contributed by atoms with Gasteiger partial charge >= 0.3 is 0 Å². The van der Waals surface area contributed by atoms with Crippen LogP contribution in [0.2, 0.25) is 0 Å². The van der Waals surface area contributed by atoms with Crippen LogP contribution >= 0.6 is 0 Å². The van der Waals surface area contributed by atoms with Crippen LogP contribution in [0.3, 0.4) is 0 Å². The number of aryl methyl sites for hydroxylation is 1. The molecule has 2 rings (SSSR count). The molecule has 0 amide bonds. The summed E-state index contributed by atoms with van der Waals surface area (Å²) in [5.41, 5.74) is 7.78. The van der Waals surface area contributed by atoms with E-state index in [2.05, 4.69) is 23.1 Å². The third-order valence-electron chi connectivity index (χ3n) is 3.49. The third kappa shape index (κ3) is 3.67. The quantitative estimate of drug-likeness (QED) is 0.787. The molecule has 0 aromatic carbocycles. The Balaban J connectivity index is 1.88. The van der Waals surface area contributed by atoms with E-state index < -0.39 is 0 Å². The lowest BCUT2D eigenvalue weighted by atomic mass is 9.93. The molecule has 1 aliphatic carbocycles. The topological polar surface area (TPSA) is 56.7 Å². The van der Waals surface area contributed by atoms with E-state index in [0.717, 1.165) is 31.6 Å². The Morgan fingerprint density at radius 1 is 1.39 bits per heavy atom. The van der Waals surface area contributed by atoms with Gasteiger partial charge in [0.15, 0.2) is 0 Å². The fourth-order valence-electron chi connectivity index (χ4n) is 2.58. The Bertz CT molecular complexity index is 394. The van der Waals surface area contributed by atoms with Crippen molar-refractivity contribution in [1.82, 2.24) is 14.8 Å². The van der Waals surface area contributed by atoms with Crippen molar-refractivity contribution in [3.05, 3.63) is 23.8 Å². The molecule has 1 aromatic rings. The standard InChI is InChI=1S/C14H24N4/c1-2-8-18-14(16-11-17-18)10-13(15)9-12-6-4-3-5-7-12/h6,11,13H,2-5,7-10,15H2,1H3. The zero-order valence-electron chi connectivity index (χ0n) is 11.3. The number of nitrogens with zero attached hydrogens (tertiary/aromatic N) is 3. The van der Waals surface area contributed by atoms with Crippen LogP contribution in [0.4, 0.5) is 0 Å². The molecule has 0 bridgehead atoms. The monoisotopic (exact) mass is 248 g/mol. The van der Waals surface area contributed by atoms with Gasteiger partial charge in [0.2, 0.25) is 0 Å². The van der Waals surface area contributed by atoms with Crippen LogP contribution in [0, 0.1) is 0 Å². The number of hydrogen-bond acceptors (Lipinski definition) is 3. The fourth-order valence-corrected chi connectivity index (χ4v) is 2.58. The molecule has 0 aliphatic heterocycles. The molecule has 1 atom stereocenters. The summed E-state index contributed by atoms with van der Waals surface area (Å²) in [6, 6.07) is 0.175. The first-order valence-corrected chi connectivity index (χ1v) is 7.09. The van der Waals surface area contributed by atoms with Crippen LogP contribution in [0.5, 0.6) is 0 Å². The van der Waals surface area contributed by atoms with Gasteiger partial charge in [0.25, 0.3) is 0 Å². The average Bonchev–Trinajstić information content (AvgIpc) is 2.78. The SMILES string of the molecule is CCCn1ncnc1CC(N)CC1=CCCCC1. The van der Waals surface area contributed by atoms with E-state index >= 15 is 0 Å². The summed E-state index contributed by atoms with van der Waals surface area (Å²) in [6.45, 7) is 3.09. The summed E-state index contributed by atoms with van der Waals surface area (Å²) in [6.07, 6.45) is 12.1. The summed E-state index contributed by atoms with van der Waals surface area (Å²) in [5, 5.41) is 4.24. The summed E-state index contributed by atoms with van der Waals surface area (Å²) in [4.78, 5) is 4.32. The van der Waals surface area contributed by atoms with Gasteiger partial charge in [-0.1, -0.05) is 18.6 Å². The van der Waals surface area contributed by atoms with E-state index in [0.29, 0.717) is 0 Å². The van der Waals surface area contributed by atoms with Crippen molar-refractivity contribution in [2.45, 2.75) is 64.5 Å². The van der Waals surface area contributed by atoms with Crippen molar-refractivity contribution in [3.8, 4) is 0 Å². The smallest absolute Gasteiger partial charge is 0.138 e. The first-order chi connectivity index (χ1) is 8.79. The molecule has 0 saturated carbocycles. The minimum Gasteiger partial charge on any atom is -0.327 e. The van der Waals surface area contributed by atoms with E-state index in [1.807, 2.05) is 4.68 Å². The van der Waals surface area contributed by atoms with Gasteiger partial charge in [0, 0.05) is 19.0 Å². The van der Waals surface area contributed by atoms with E-state index in [1.54, 1.807) is 6.33 Å². The normalized spacial score (nSPS) is 17.6. The molecular weight excluding hydrogens is 224 g/mol. The fraction of sp³-hybridized carbons (Fsp3) is 0.714. The molecule has 100 valence electrons. The Morgan fingerprint density at radius 3 is 3.00 bits per heavy atom. The van der Waals surface area contributed by atoms with Crippen molar-refractivity contribution >= 4 is 0 Å². The zero-order valence-corrected chi connectivity index (χ0v) is 11.3. The average molecular weight is 248 g/mol. The highest BCUT2D eigenvalue weighted by molar-refractivity contribution is 5.07. The van der Waals surface area contributed by atoms with Crippen molar-refractivity contribution in [2.24, 2.45) is 5.73 Å². The molecule has 1 aromatic heterocycles. The van der Waals surface area contributed by atoms with Crippen LogP contribution < -0.4 is 5.73 Å². The van der Waals surface area contributed by atoms with E-state index in [1.165, 1.54) is 31.3 Å². The van der Waals surface area contributed by atoms with E-state index in [-0.39, 0.29) is 6.04 Å². The highest BCUT2D eigenvalue weighted by Gasteiger charge is 2.13. The molecule has 0 spiro atoms. The van der Waals surface area contributed by atoms with Gasteiger partial charge < -0.3 is 5.73 Å². The Labute approximate surface area is 109 Å².